The van der Waals surface area contributed by atoms with E-state index in [1.165, 1.54) is 12.1 Å². The largest absolute Gasteiger partial charge is 0.479 e. The molecule has 22 heavy (non-hydrogen) atoms. The van der Waals surface area contributed by atoms with E-state index in [1.807, 2.05) is 12.5 Å². The Morgan fingerprint density at radius 3 is 2.36 bits per heavy atom. The van der Waals surface area contributed by atoms with Crippen LogP contribution in [0.4, 0.5) is 0 Å². The number of carbonyl (C=O) groups excluding carboxylic acids is 2. The van der Waals surface area contributed by atoms with Gasteiger partial charge in [0.05, 0.1) is 11.1 Å². The number of imide groups is 1. The average molecular weight is 308 g/mol. The molecule has 1 atom stereocenters. The highest BCUT2D eigenvalue weighted by Gasteiger charge is 2.36. The molecule has 1 heterocycles. The molecule has 0 saturated carbocycles. The molecule has 0 bridgehead atoms. The summed E-state index contributed by atoms with van der Waals surface area (Å²) in [5.41, 5.74) is 2.52. The van der Waals surface area contributed by atoms with E-state index in [-0.39, 0.29) is 17.5 Å². The van der Waals surface area contributed by atoms with Crippen LogP contribution in [-0.2, 0) is 14.7 Å². The maximum Gasteiger partial charge on any atom is 0.336 e. The number of fused-ring (bicyclic) bond motifs is 1. The van der Waals surface area contributed by atoms with Gasteiger partial charge in [0, 0.05) is 0 Å². The number of carboxylic acid groups (broad SMARTS) is 1. The molecule has 2 rings (SSSR count). The third-order valence-electron chi connectivity index (χ3n) is 3.18. The van der Waals surface area contributed by atoms with E-state index in [9.17, 15) is 14.4 Å². The van der Waals surface area contributed by atoms with Crippen molar-refractivity contribution in [3.63, 3.8) is 0 Å². The second-order valence-electron chi connectivity index (χ2n) is 4.73. The molecule has 1 aliphatic heterocycles. The molecule has 1 aliphatic rings. The van der Waals surface area contributed by atoms with Gasteiger partial charge in [0.25, 0.3) is 11.8 Å². The minimum Gasteiger partial charge on any atom is -0.479 e. The smallest absolute Gasteiger partial charge is 0.336 e. The fourth-order valence-electron chi connectivity index (χ4n) is 1.99. The number of benzene rings is 1. The molecule has 0 fully saturated rings. The Hall–Kier alpha value is -2.29. The standard InChI is InChI=1S/C14H16N2O6/c1-2-3-8-11(14(19)20)21-22-15-16-12(17)9-6-4-5-7-10(9)13(16)18/h4-7,11,15H,2-3,8H2,1H3,(H,19,20). The van der Waals surface area contributed by atoms with E-state index in [0.29, 0.717) is 11.4 Å². The maximum absolute atomic E-state index is 12.0. The van der Waals surface area contributed by atoms with Crippen molar-refractivity contribution in [1.82, 2.24) is 10.6 Å². The van der Waals surface area contributed by atoms with E-state index in [4.69, 9.17) is 9.99 Å². The fourth-order valence-corrected chi connectivity index (χ4v) is 1.99. The van der Waals surface area contributed by atoms with E-state index < -0.39 is 23.9 Å². The first kappa shape index (κ1) is 16.1. The molecule has 1 unspecified atom stereocenters. The SMILES string of the molecule is CCCCC(OONN1C(=O)c2ccccc2C1=O)C(=O)O. The number of carboxylic acids is 1. The first-order valence-corrected chi connectivity index (χ1v) is 6.84. The highest BCUT2D eigenvalue weighted by atomic mass is 17.3. The number of aliphatic carboxylic acids is 1. The minimum absolute atomic E-state index is 0.240. The summed E-state index contributed by atoms with van der Waals surface area (Å²) in [6.07, 6.45) is 0.532. The van der Waals surface area contributed by atoms with Gasteiger partial charge in [0.15, 0.2) is 6.10 Å². The van der Waals surface area contributed by atoms with Crippen LogP contribution in [0.25, 0.3) is 0 Å². The van der Waals surface area contributed by atoms with Gasteiger partial charge in [0.1, 0.15) is 0 Å². The van der Waals surface area contributed by atoms with Crippen LogP contribution < -0.4 is 5.59 Å². The predicted molar refractivity (Wildman–Crippen MR) is 73.2 cm³/mol. The van der Waals surface area contributed by atoms with Gasteiger partial charge in [-0.3, -0.25) is 9.59 Å². The zero-order valence-corrected chi connectivity index (χ0v) is 11.9. The Bertz CT molecular complexity index is 553. The number of nitrogens with one attached hydrogen (secondary N) is 1. The third kappa shape index (κ3) is 3.30. The van der Waals surface area contributed by atoms with Crippen molar-refractivity contribution >= 4 is 17.8 Å². The number of nitrogens with zero attached hydrogens (tertiary/aromatic N) is 1. The number of amides is 2. The Morgan fingerprint density at radius 1 is 1.27 bits per heavy atom. The first-order chi connectivity index (χ1) is 10.6. The molecule has 0 aliphatic carbocycles. The molecule has 8 heteroatoms. The second kappa shape index (κ2) is 7.12. The van der Waals surface area contributed by atoms with Crippen LogP contribution in [0.5, 0.6) is 0 Å². The highest BCUT2D eigenvalue weighted by molar-refractivity contribution is 6.20. The molecule has 0 saturated heterocycles. The monoisotopic (exact) mass is 308 g/mol. The van der Waals surface area contributed by atoms with Crippen molar-refractivity contribution in [1.29, 1.82) is 0 Å². The molecule has 0 spiro atoms. The summed E-state index contributed by atoms with van der Waals surface area (Å²) in [7, 11) is 0. The van der Waals surface area contributed by atoms with Crippen molar-refractivity contribution in [2.75, 3.05) is 0 Å². The molecule has 2 amide bonds. The van der Waals surface area contributed by atoms with Crippen molar-refractivity contribution in [2.24, 2.45) is 0 Å². The van der Waals surface area contributed by atoms with Gasteiger partial charge in [-0.25, -0.2) is 9.68 Å². The van der Waals surface area contributed by atoms with Gasteiger partial charge < -0.3 is 5.11 Å². The molecule has 8 nitrogen and oxygen atoms in total. The maximum atomic E-state index is 12.0. The van der Waals surface area contributed by atoms with Crippen LogP contribution in [-0.4, -0.2) is 34.0 Å². The zero-order valence-electron chi connectivity index (χ0n) is 11.9. The van der Waals surface area contributed by atoms with Gasteiger partial charge in [-0.1, -0.05) is 37.5 Å². The lowest BCUT2D eigenvalue weighted by molar-refractivity contribution is -0.376. The molecule has 2 N–H and O–H groups in total. The number of hydrazine groups is 1. The molecule has 1 aromatic carbocycles. The van der Waals surface area contributed by atoms with Crippen LogP contribution in [0.3, 0.4) is 0 Å². The Labute approximate surface area is 126 Å². The van der Waals surface area contributed by atoms with Gasteiger partial charge in [0.2, 0.25) is 0 Å². The summed E-state index contributed by atoms with van der Waals surface area (Å²) in [6.45, 7) is 1.91. The second-order valence-corrected chi connectivity index (χ2v) is 4.73. The van der Waals surface area contributed by atoms with Gasteiger partial charge in [-0.05, 0) is 18.6 Å². The molecule has 1 aromatic rings. The summed E-state index contributed by atoms with van der Waals surface area (Å²) < 4.78 is 0. The summed E-state index contributed by atoms with van der Waals surface area (Å²) >= 11 is 0. The van der Waals surface area contributed by atoms with Gasteiger partial charge >= 0.3 is 5.97 Å². The number of rotatable bonds is 8. The van der Waals surface area contributed by atoms with E-state index in [1.54, 1.807) is 12.1 Å². The quantitative estimate of drug-likeness (QED) is 0.423. The topological polar surface area (TPSA) is 105 Å². The van der Waals surface area contributed by atoms with Gasteiger partial charge in [-0.15, -0.1) is 4.99 Å². The normalized spacial score (nSPS) is 15.0. The minimum atomic E-state index is -1.18. The number of carbonyl (C=O) groups is 3. The van der Waals surface area contributed by atoms with Crippen molar-refractivity contribution < 1.29 is 29.4 Å². The third-order valence-corrected chi connectivity index (χ3v) is 3.18. The van der Waals surface area contributed by atoms with Gasteiger partial charge in [-0.2, -0.15) is 5.01 Å². The Balaban J connectivity index is 1.91. The summed E-state index contributed by atoms with van der Waals surface area (Å²) in [6, 6.07) is 6.30. The highest BCUT2D eigenvalue weighted by Crippen LogP contribution is 2.20. The number of hydrogen-bond donors (Lipinski definition) is 2. The number of unbranched alkanes of at least 4 members (excludes halogenated alkanes) is 1. The van der Waals surface area contributed by atoms with Crippen LogP contribution >= 0.6 is 0 Å². The van der Waals surface area contributed by atoms with Crippen LogP contribution in [0.1, 0.15) is 46.9 Å². The lowest BCUT2D eigenvalue weighted by atomic mass is 10.1. The lowest BCUT2D eigenvalue weighted by Gasteiger charge is -2.16. The van der Waals surface area contributed by atoms with Crippen LogP contribution in [0, 0.1) is 0 Å². The summed E-state index contributed by atoms with van der Waals surface area (Å²) in [4.78, 5) is 44.2. The molecular weight excluding hydrogens is 292 g/mol. The summed E-state index contributed by atoms with van der Waals surface area (Å²) in [5.74, 6) is -2.37. The Morgan fingerprint density at radius 2 is 1.86 bits per heavy atom. The Kier molecular flexibility index (Phi) is 5.21. The van der Waals surface area contributed by atoms with E-state index in [2.05, 4.69) is 4.99 Å². The predicted octanol–water partition coefficient (Wildman–Crippen LogP) is 1.29. The first-order valence-electron chi connectivity index (χ1n) is 6.84. The van der Waals surface area contributed by atoms with Crippen molar-refractivity contribution in [2.45, 2.75) is 32.3 Å². The van der Waals surface area contributed by atoms with E-state index >= 15 is 0 Å². The molecular formula is C14H16N2O6. The van der Waals surface area contributed by atoms with Crippen LogP contribution in [0.2, 0.25) is 0 Å². The zero-order chi connectivity index (χ0) is 16.1. The fraction of sp³-hybridized carbons (Fsp3) is 0.357. The summed E-state index contributed by atoms with van der Waals surface area (Å²) in [5, 5.41) is 9.59. The number of hydrogen-bond acceptors (Lipinski definition) is 6. The molecule has 0 aromatic heterocycles. The molecule has 118 valence electrons. The van der Waals surface area contributed by atoms with Crippen molar-refractivity contribution in [3.05, 3.63) is 35.4 Å². The van der Waals surface area contributed by atoms with Crippen molar-refractivity contribution in [3.8, 4) is 0 Å². The lowest BCUT2D eigenvalue weighted by Crippen LogP contribution is -2.43. The average Bonchev–Trinajstić information content (AvgIpc) is 2.75. The molecule has 0 radical (unpaired) electrons. The van der Waals surface area contributed by atoms with E-state index in [0.717, 1.165) is 6.42 Å². The van der Waals surface area contributed by atoms with Crippen LogP contribution in [0.15, 0.2) is 24.3 Å².